The number of benzene rings is 3. The van der Waals surface area contributed by atoms with Gasteiger partial charge in [-0.05, 0) is 81.5 Å². The first-order chi connectivity index (χ1) is 19.1. The van der Waals surface area contributed by atoms with E-state index in [2.05, 4.69) is 9.88 Å². The molecule has 0 saturated heterocycles. The molecule has 0 fully saturated rings. The Morgan fingerprint density at radius 2 is 1.73 bits per heavy atom. The molecule has 8 nitrogen and oxygen atoms in total. The lowest BCUT2D eigenvalue weighted by atomic mass is 9.97. The number of aromatic amines is 1. The Morgan fingerprint density at radius 1 is 0.975 bits per heavy atom. The lowest BCUT2D eigenvalue weighted by Gasteiger charge is -2.18. The SMILES string of the molecule is CN(C)CCCC(=O)N(C)c1ccc(N=C(c2cccc(CCC(=O)O)c2)c2c(O)[nH]c3cc(Cl)ccc23)cc1. The fourth-order valence-corrected chi connectivity index (χ4v) is 4.70. The molecule has 0 saturated carbocycles. The molecule has 0 bridgehead atoms. The van der Waals surface area contributed by atoms with Gasteiger partial charge in [0.25, 0.3) is 0 Å². The molecule has 3 aromatic carbocycles. The number of rotatable bonds is 11. The first-order valence-electron chi connectivity index (χ1n) is 13.0. The number of carbonyl (C=O) groups excluding carboxylic acids is 1. The molecule has 0 radical (unpaired) electrons. The minimum atomic E-state index is -0.869. The molecular formula is C31H33ClN4O4. The maximum Gasteiger partial charge on any atom is 0.303 e. The number of aromatic hydroxyl groups is 1. The number of nitrogens with zero attached hydrogens (tertiary/aromatic N) is 3. The highest BCUT2D eigenvalue weighted by Gasteiger charge is 2.20. The number of carbonyl (C=O) groups is 2. The van der Waals surface area contributed by atoms with Crippen molar-refractivity contribution >= 4 is 51.5 Å². The minimum absolute atomic E-state index is 0.00953. The van der Waals surface area contributed by atoms with Crippen LogP contribution < -0.4 is 4.90 Å². The Morgan fingerprint density at radius 3 is 2.42 bits per heavy atom. The van der Waals surface area contributed by atoms with Crippen LogP contribution in [0.3, 0.4) is 0 Å². The van der Waals surface area contributed by atoms with Crippen molar-refractivity contribution < 1.29 is 19.8 Å². The van der Waals surface area contributed by atoms with Crippen LogP contribution in [0.15, 0.2) is 71.7 Å². The molecular weight excluding hydrogens is 528 g/mol. The maximum atomic E-state index is 12.6. The molecule has 0 aliphatic heterocycles. The Kier molecular flexibility index (Phi) is 9.24. The van der Waals surface area contributed by atoms with Crippen molar-refractivity contribution in [2.75, 3.05) is 32.6 Å². The molecule has 0 unspecified atom stereocenters. The van der Waals surface area contributed by atoms with Crippen LogP contribution >= 0.6 is 11.6 Å². The summed E-state index contributed by atoms with van der Waals surface area (Å²) in [6.07, 6.45) is 1.62. The van der Waals surface area contributed by atoms with Gasteiger partial charge < -0.3 is 25.0 Å². The number of fused-ring (bicyclic) bond motifs is 1. The van der Waals surface area contributed by atoms with Crippen LogP contribution in [-0.4, -0.2) is 65.4 Å². The van der Waals surface area contributed by atoms with Crippen molar-refractivity contribution in [3.63, 3.8) is 0 Å². The summed E-state index contributed by atoms with van der Waals surface area (Å²) in [6, 6.07) is 20.2. The maximum absolute atomic E-state index is 12.6. The molecule has 0 aliphatic rings. The van der Waals surface area contributed by atoms with E-state index in [0.717, 1.165) is 35.2 Å². The number of aryl methyl sites for hydroxylation is 1. The summed E-state index contributed by atoms with van der Waals surface area (Å²) in [4.78, 5) is 35.4. The van der Waals surface area contributed by atoms with E-state index in [1.165, 1.54) is 0 Å². The standard InChI is InChI=1S/C31H33ClN4O4/c1-35(2)17-5-8-27(37)36(3)24-13-11-23(12-14-24)33-30(21-7-4-6-20(18-21)9-16-28(38)39)29-25-15-10-22(32)19-26(25)34-31(29)40/h4,6-7,10-15,18-19,34,40H,5,8-9,16-17H2,1-3H3,(H,38,39). The quantitative estimate of drug-likeness (QED) is 0.194. The number of aromatic nitrogens is 1. The number of amides is 1. The van der Waals surface area contributed by atoms with Crippen molar-refractivity contribution in [2.45, 2.75) is 25.7 Å². The average Bonchev–Trinajstić information content (AvgIpc) is 3.24. The highest BCUT2D eigenvalue weighted by Crippen LogP contribution is 2.33. The summed E-state index contributed by atoms with van der Waals surface area (Å²) < 4.78 is 0. The predicted octanol–water partition coefficient (Wildman–Crippen LogP) is 6.02. The first-order valence-corrected chi connectivity index (χ1v) is 13.4. The van der Waals surface area contributed by atoms with Crippen LogP contribution in [0.4, 0.5) is 11.4 Å². The van der Waals surface area contributed by atoms with Gasteiger partial charge in [0.15, 0.2) is 5.88 Å². The lowest BCUT2D eigenvalue weighted by Crippen LogP contribution is -2.27. The van der Waals surface area contributed by atoms with E-state index in [-0.39, 0.29) is 18.2 Å². The molecule has 208 valence electrons. The second-order valence-electron chi connectivity index (χ2n) is 9.97. The molecule has 9 heteroatoms. The van der Waals surface area contributed by atoms with Crippen LogP contribution in [0.25, 0.3) is 10.9 Å². The minimum Gasteiger partial charge on any atom is -0.494 e. The molecule has 1 aromatic heterocycles. The zero-order valence-corrected chi connectivity index (χ0v) is 23.6. The lowest BCUT2D eigenvalue weighted by molar-refractivity contribution is -0.137. The van der Waals surface area contributed by atoms with Gasteiger partial charge in [-0.2, -0.15) is 0 Å². The molecule has 3 N–H and O–H groups in total. The topological polar surface area (TPSA) is 109 Å². The van der Waals surface area contributed by atoms with Crippen molar-refractivity contribution in [1.29, 1.82) is 0 Å². The summed E-state index contributed by atoms with van der Waals surface area (Å²) >= 11 is 6.18. The average molecular weight is 561 g/mol. The second-order valence-corrected chi connectivity index (χ2v) is 10.4. The van der Waals surface area contributed by atoms with E-state index in [1.807, 2.05) is 68.7 Å². The number of aliphatic imine (C=N–C) groups is 1. The van der Waals surface area contributed by atoms with Gasteiger partial charge in [-0.1, -0.05) is 35.9 Å². The number of carboxylic acids is 1. The summed E-state index contributed by atoms with van der Waals surface area (Å²) in [5, 5.41) is 21.4. The van der Waals surface area contributed by atoms with Gasteiger partial charge in [0, 0.05) is 41.5 Å². The number of aliphatic carboxylic acids is 1. The van der Waals surface area contributed by atoms with Gasteiger partial charge in [0.05, 0.1) is 22.5 Å². The van der Waals surface area contributed by atoms with Crippen molar-refractivity contribution in [3.8, 4) is 5.88 Å². The Labute approximate surface area is 238 Å². The van der Waals surface area contributed by atoms with E-state index in [4.69, 9.17) is 21.7 Å². The molecule has 0 atom stereocenters. The highest BCUT2D eigenvalue weighted by atomic mass is 35.5. The monoisotopic (exact) mass is 560 g/mol. The van der Waals surface area contributed by atoms with E-state index in [0.29, 0.717) is 40.3 Å². The third-order valence-corrected chi connectivity index (χ3v) is 6.89. The largest absolute Gasteiger partial charge is 0.494 e. The van der Waals surface area contributed by atoms with Crippen LogP contribution in [0, 0.1) is 0 Å². The zero-order chi connectivity index (χ0) is 28.8. The van der Waals surface area contributed by atoms with E-state index in [1.54, 1.807) is 24.1 Å². The van der Waals surface area contributed by atoms with Crippen molar-refractivity contribution in [1.82, 2.24) is 9.88 Å². The Balaban J connectivity index is 1.72. The first kappa shape index (κ1) is 28.9. The highest BCUT2D eigenvalue weighted by molar-refractivity contribution is 6.31. The van der Waals surface area contributed by atoms with Crippen LogP contribution in [-0.2, 0) is 16.0 Å². The number of anilines is 1. The van der Waals surface area contributed by atoms with Gasteiger partial charge in [-0.3, -0.25) is 9.59 Å². The van der Waals surface area contributed by atoms with Crippen molar-refractivity contribution in [2.24, 2.45) is 4.99 Å². The summed E-state index contributed by atoms with van der Waals surface area (Å²) in [5.41, 5.74) is 4.66. The molecule has 1 amide bonds. The van der Waals surface area contributed by atoms with Gasteiger partial charge >= 0.3 is 5.97 Å². The fourth-order valence-electron chi connectivity index (χ4n) is 4.52. The van der Waals surface area contributed by atoms with E-state index >= 15 is 0 Å². The molecule has 1 heterocycles. The smallest absolute Gasteiger partial charge is 0.303 e. The van der Waals surface area contributed by atoms with Crippen LogP contribution in [0.2, 0.25) is 5.02 Å². The van der Waals surface area contributed by atoms with Crippen molar-refractivity contribution in [3.05, 3.63) is 88.4 Å². The number of hydrogen-bond acceptors (Lipinski definition) is 5. The summed E-state index contributed by atoms with van der Waals surface area (Å²) in [7, 11) is 5.73. The number of nitrogens with one attached hydrogen (secondary N) is 1. The summed E-state index contributed by atoms with van der Waals surface area (Å²) in [6.45, 7) is 0.848. The summed E-state index contributed by atoms with van der Waals surface area (Å²) in [5.74, 6) is -0.877. The van der Waals surface area contributed by atoms with Gasteiger partial charge in [-0.15, -0.1) is 0 Å². The zero-order valence-electron chi connectivity index (χ0n) is 22.8. The molecule has 0 spiro atoms. The molecule has 4 rings (SSSR count). The number of hydrogen-bond donors (Lipinski definition) is 3. The van der Waals surface area contributed by atoms with Crippen LogP contribution in [0.5, 0.6) is 5.88 Å². The third kappa shape index (κ3) is 7.08. The second kappa shape index (κ2) is 12.8. The molecule has 0 aliphatic carbocycles. The van der Waals surface area contributed by atoms with Gasteiger partial charge in [0.1, 0.15) is 0 Å². The van der Waals surface area contributed by atoms with E-state index < -0.39 is 5.97 Å². The Bertz CT molecular complexity index is 1540. The fraction of sp³-hybridized carbons (Fsp3) is 0.258. The molecule has 4 aromatic rings. The third-order valence-electron chi connectivity index (χ3n) is 6.65. The van der Waals surface area contributed by atoms with Crippen LogP contribution in [0.1, 0.15) is 36.0 Å². The normalized spacial score (nSPS) is 11.8. The van der Waals surface area contributed by atoms with E-state index in [9.17, 15) is 14.7 Å². The number of halogens is 1. The Hall–Kier alpha value is -4.14. The van der Waals surface area contributed by atoms with Gasteiger partial charge in [-0.25, -0.2) is 4.99 Å². The number of carboxylic acid groups (broad SMARTS) is 1. The van der Waals surface area contributed by atoms with Gasteiger partial charge in [0.2, 0.25) is 5.91 Å². The molecule has 40 heavy (non-hydrogen) atoms. The number of H-pyrrole nitrogens is 1. The predicted molar refractivity (Wildman–Crippen MR) is 160 cm³/mol.